The lowest BCUT2D eigenvalue weighted by Crippen LogP contribution is -2.43. The second kappa shape index (κ2) is 6.25. The second-order valence-corrected chi connectivity index (χ2v) is 6.33. The molecule has 1 saturated heterocycles. The van der Waals surface area contributed by atoms with Crippen molar-refractivity contribution in [1.29, 1.82) is 0 Å². The lowest BCUT2D eigenvalue weighted by atomic mass is 9.94. The summed E-state index contributed by atoms with van der Waals surface area (Å²) in [6.45, 7) is 5.88. The summed E-state index contributed by atoms with van der Waals surface area (Å²) >= 11 is 11.8. The minimum atomic E-state index is 0.111. The number of piperidine rings is 1. The SMILES string of the molecule is CC1CCC(C)N(CC(=O)c2ccc(Cl)c(Cl)c2)C1. The van der Waals surface area contributed by atoms with Crippen LogP contribution in [0.25, 0.3) is 0 Å². The number of carbonyl (C=O) groups excluding carboxylic acids is 1. The van der Waals surface area contributed by atoms with E-state index in [-0.39, 0.29) is 5.78 Å². The molecule has 2 unspecified atom stereocenters. The Morgan fingerprint density at radius 1 is 1.26 bits per heavy atom. The van der Waals surface area contributed by atoms with Gasteiger partial charge in [0.25, 0.3) is 0 Å². The molecule has 1 fully saturated rings. The maximum Gasteiger partial charge on any atom is 0.176 e. The zero-order valence-electron chi connectivity index (χ0n) is 11.3. The molecule has 104 valence electrons. The van der Waals surface area contributed by atoms with Crippen molar-refractivity contribution in [1.82, 2.24) is 4.90 Å². The molecule has 1 heterocycles. The molecular formula is C15H19Cl2NO. The topological polar surface area (TPSA) is 20.3 Å². The third kappa shape index (κ3) is 3.71. The van der Waals surface area contributed by atoms with Gasteiger partial charge < -0.3 is 0 Å². The number of hydrogen-bond donors (Lipinski definition) is 0. The van der Waals surface area contributed by atoms with Gasteiger partial charge in [0.2, 0.25) is 0 Å². The molecule has 0 N–H and O–H groups in total. The number of hydrogen-bond acceptors (Lipinski definition) is 2. The lowest BCUT2D eigenvalue weighted by Gasteiger charge is -2.36. The van der Waals surface area contributed by atoms with E-state index in [9.17, 15) is 4.79 Å². The van der Waals surface area contributed by atoms with Gasteiger partial charge in [-0.25, -0.2) is 0 Å². The molecule has 19 heavy (non-hydrogen) atoms. The van der Waals surface area contributed by atoms with Gasteiger partial charge in [-0.2, -0.15) is 0 Å². The fourth-order valence-electron chi connectivity index (χ4n) is 2.55. The molecule has 0 spiro atoms. The molecule has 1 aliphatic rings. The molecule has 0 aliphatic carbocycles. The van der Waals surface area contributed by atoms with Gasteiger partial charge in [0.05, 0.1) is 16.6 Å². The van der Waals surface area contributed by atoms with Crippen LogP contribution in [-0.4, -0.2) is 29.8 Å². The summed E-state index contributed by atoms with van der Waals surface area (Å²) in [4.78, 5) is 14.5. The Morgan fingerprint density at radius 2 is 2.00 bits per heavy atom. The van der Waals surface area contributed by atoms with E-state index in [0.29, 0.717) is 34.1 Å². The molecule has 2 rings (SSSR count). The predicted octanol–water partition coefficient (Wildman–Crippen LogP) is 4.30. The van der Waals surface area contributed by atoms with Gasteiger partial charge in [-0.1, -0.05) is 30.1 Å². The average Bonchev–Trinajstić information content (AvgIpc) is 2.37. The standard InChI is InChI=1S/C15H19Cl2NO/c1-10-3-4-11(2)18(8-10)9-15(19)12-5-6-13(16)14(17)7-12/h5-7,10-11H,3-4,8-9H2,1-2H3. The minimum Gasteiger partial charge on any atom is -0.293 e. The van der Waals surface area contributed by atoms with Gasteiger partial charge in [0.1, 0.15) is 0 Å². The van der Waals surface area contributed by atoms with Crippen molar-refractivity contribution in [3.63, 3.8) is 0 Å². The molecule has 0 aromatic heterocycles. The van der Waals surface area contributed by atoms with Gasteiger partial charge in [0, 0.05) is 18.2 Å². The molecule has 2 nitrogen and oxygen atoms in total. The van der Waals surface area contributed by atoms with E-state index in [2.05, 4.69) is 18.7 Å². The summed E-state index contributed by atoms with van der Waals surface area (Å²) in [6.07, 6.45) is 2.41. The maximum absolute atomic E-state index is 12.3. The number of halogens is 2. The van der Waals surface area contributed by atoms with E-state index in [4.69, 9.17) is 23.2 Å². The molecular weight excluding hydrogens is 281 g/mol. The predicted molar refractivity (Wildman–Crippen MR) is 80.2 cm³/mol. The van der Waals surface area contributed by atoms with Gasteiger partial charge >= 0.3 is 0 Å². The average molecular weight is 300 g/mol. The highest BCUT2D eigenvalue weighted by atomic mass is 35.5. The largest absolute Gasteiger partial charge is 0.293 e. The van der Waals surface area contributed by atoms with Crippen LogP contribution in [0, 0.1) is 5.92 Å². The van der Waals surface area contributed by atoms with Crippen LogP contribution in [0.4, 0.5) is 0 Å². The highest BCUT2D eigenvalue weighted by molar-refractivity contribution is 6.42. The lowest BCUT2D eigenvalue weighted by molar-refractivity contribution is 0.0805. The summed E-state index contributed by atoms with van der Waals surface area (Å²) < 4.78 is 0. The molecule has 1 aliphatic heterocycles. The van der Waals surface area contributed by atoms with Crippen molar-refractivity contribution < 1.29 is 4.79 Å². The van der Waals surface area contributed by atoms with Crippen LogP contribution in [0.5, 0.6) is 0 Å². The highest BCUT2D eigenvalue weighted by Crippen LogP contribution is 2.24. The van der Waals surface area contributed by atoms with Crippen molar-refractivity contribution in [2.24, 2.45) is 5.92 Å². The fraction of sp³-hybridized carbons (Fsp3) is 0.533. The molecule has 0 bridgehead atoms. The van der Waals surface area contributed by atoms with Gasteiger partial charge in [-0.05, 0) is 43.9 Å². The summed E-state index contributed by atoms with van der Waals surface area (Å²) in [5, 5.41) is 0.922. The van der Waals surface area contributed by atoms with Crippen LogP contribution in [-0.2, 0) is 0 Å². The van der Waals surface area contributed by atoms with Gasteiger partial charge in [-0.15, -0.1) is 0 Å². The molecule has 1 aromatic rings. The molecule has 2 atom stereocenters. The molecule has 4 heteroatoms. The van der Waals surface area contributed by atoms with E-state index < -0.39 is 0 Å². The Labute approximate surface area is 124 Å². The Bertz CT molecular complexity index is 475. The number of ketones is 1. The Balaban J connectivity index is 2.05. The van der Waals surface area contributed by atoms with Crippen LogP contribution in [0.1, 0.15) is 37.0 Å². The summed E-state index contributed by atoms with van der Waals surface area (Å²) in [5.41, 5.74) is 0.639. The van der Waals surface area contributed by atoms with Crippen LogP contribution >= 0.6 is 23.2 Å². The van der Waals surface area contributed by atoms with Crippen molar-refractivity contribution in [2.45, 2.75) is 32.7 Å². The van der Waals surface area contributed by atoms with Gasteiger partial charge in [-0.3, -0.25) is 9.69 Å². The van der Waals surface area contributed by atoms with Crippen molar-refractivity contribution in [3.05, 3.63) is 33.8 Å². The number of carbonyl (C=O) groups is 1. The fourth-order valence-corrected chi connectivity index (χ4v) is 2.84. The smallest absolute Gasteiger partial charge is 0.176 e. The quantitative estimate of drug-likeness (QED) is 0.776. The number of Topliss-reactive ketones (excluding diaryl/α,β-unsaturated/α-hetero) is 1. The van der Waals surface area contributed by atoms with Crippen molar-refractivity contribution in [3.8, 4) is 0 Å². The number of likely N-dealkylation sites (tertiary alicyclic amines) is 1. The van der Waals surface area contributed by atoms with Crippen LogP contribution in [0.2, 0.25) is 10.0 Å². The first-order valence-corrected chi connectivity index (χ1v) is 7.45. The monoisotopic (exact) mass is 299 g/mol. The van der Waals surface area contributed by atoms with E-state index in [1.165, 1.54) is 6.42 Å². The van der Waals surface area contributed by atoms with E-state index in [1.54, 1.807) is 18.2 Å². The number of nitrogens with zero attached hydrogens (tertiary/aromatic N) is 1. The maximum atomic E-state index is 12.3. The first kappa shape index (κ1) is 14.8. The summed E-state index contributed by atoms with van der Waals surface area (Å²) in [6, 6.07) is 5.56. The Morgan fingerprint density at radius 3 is 2.68 bits per heavy atom. The first-order valence-electron chi connectivity index (χ1n) is 6.69. The van der Waals surface area contributed by atoms with Gasteiger partial charge in [0.15, 0.2) is 5.78 Å². The Kier molecular flexibility index (Phi) is 4.88. The Hall–Kier alpha value is -0.570. The minimum absolute atomic E-state index is 0.111. The van der Waals surface area contributed by atoms with E-state index >= 15 is 0 Å². The molecule has 0 amide bonds. The first-order chi connectivity index (χ1) is 8.97. The van der Waals surface area contributed by atoms with Crippen molar-refractivity contribution >= 4 is 29.0 Å². The summed E-state index contributed by atoms with van der Waals surface area (Å²) in [7, 11) is 0. The van der Waals surface area contributed by atoms with Crippen LogP contribution in [0.15, 0.2) is 18.2 Å². The molecule has 1 aromatic carbocycles. The van der Waals surface area contributed by atoms with Crippen LogP contribution < -0.4 is 0 Å². The van der Waals surface area contributed by atoms with E-state index in [0.717, 1.165) is 13.0 Å². The third-order valence-electron chi connectivity index (χ3n) is 3.84. The summed E-state index contributed by atoms with van der Waals surface area (Å²) in [5.74, 6) is 0.775. The zero-order valence-corrected chi connectivity index (χ0v) is 12.8. The normalized spacial score (nSPS) is 24.4. The highest BCUT2D eigenvalue weighted by Gasteiger charge is 2.24. The molecule has 0 radical (unpaired) electrons. The van der Waals surface area contributed by atoms with Crippen LogP contribution in [0.3, 0.4) is 0 Å². The van der Waals surface area contributed by atoms with E-state index in [1.807, 2.05) is 0 Å². The molecule has 0 saturated carbocycles. The number of rotatable bonds is 3. The number of benzene rings is 1. The third-order valence-corrected chi connectivity index (χ3v) is 4.57. The second-order valence-electron chi connectivity index (χ2n) is 5.51. The van der Waals surface area contributed by atoms with Crippen molar-refractivity contribution in [2.75, 3.05) is 13.1 Å². The zero-order chi connectivity index (χ0) is 14.0.